The molecule has 1 N–H and O–H groups in total. The van der Waals surface area contributed by atoms with Crippen LogP contribution in [-0.2, 0) is 6.42 Å². The summed E-state index contributed by atoms with van der Waals surface area (Å²) in [5.41, 5.74) is 3.54. The zero-order valence-corrected chi connectivity index (χ0v) is 13.2. The molecule has 1 aromatic carbocycles. The molecule has 0 aliphatic rings. The highest BCUT2D eigenvalue weighted by atomic mass is 35.5. The first-order chi connectivity index (χ1) is 9.61. The summed E-state index contributed by atoms with van der Waals surface area (Å²) in [7, 11) is 0. The molecule has 1 atom stereocenters. The van der Waals surface area contributed by atoms with Gasteiger partial charge in [-0.25, -0.2) is 0 Å². The standard InChI is InChI=1S/C16H18Cl2N2/c1-3-20-16(9-12-6-7-19-10-15(12)18)14-5-4-13(17)8-11(14)2/h4-8,10,16,20H,3,9H2,1-2H3. The van der Waals surface area contributed by atoms with Crippen molar-refractivity contribution in [2.75, 3.05) is 6.54 Å². The van der Waals surface area contributed by atoms with E-state index in [1.807, 2.05) is 18.2 Å². The van der Waals surface area contributed by atoms with Crippen molar-refractivity contribution in [1.29, 1.82) is 0 Å². The molecule has 1 unspecified atom stereocenters. The largest absolute Gasteiger partial charge is 0.310 e. The van der Waals surface area contributed by atoms with Crippen molar-refractivity contribution in [2.24, 2.45) is 0 Å². The molecule has 2 nitrogen and oxygen atoms in total. The molecular formula is C16H18Cl2N2. The number of hydrogen-bond donors (Lipinski definition) is 1. The van der Waals surface area contributed by atoms with E-state index in [2.05, 4.69) is 30.2 Å². The van der Waals surface area contributed by atoms with E-state index in [9.17, 15) is 0 Å². The Morgan fingerprint density at radius 2 is 2.05 bits per heavy atom. The maximum atomic E-state index is 6.21. The maximum absolute atomic E-state index is 6.21. The van der Waals surface area contributed by atoms with Gasteiger partial charge in [0.25, 0.3) is 0 Å². The van der Waals surface area contributed by atoms with Crippen LogP contribution in [0.1, 0.15) is 29.7 Å². The lowest BCUT2D eigenvalue weighted by Gasteiger charge is -2.21. The second kappa shape index (κ2) is 7.07. The lowest BCUT2D eigenvalue weighted by atomic mass is 9.95. The number of likely N-dealkylation sites (N-methyl/N-ethyl adjacent to an activating group) is 1. The minimum atomic E-state index is 0.220. The summed E-state index contributed by atoms with van der Waals surface area (Å²) in [6.07, 6.45) is 4.30. The van der Waals surface area contributed by atoms with Gasteiger partial charge in [-0.15, -0.1) is 0 Å². The van der Waals surface area contributed by atoms with E-state index in [1.54, 1.807) is 12.4 Å². The Hall–Kier alpha value is -1.09. The van der Waals surface area contributed by atoms with Crippen LogP contribution in [-0.4, -0.2) is 11.5 Å². The van der Waals surface area contributed by atoms with Gasteiger partial charge in [0.05, 0.1) is 5.02 Å². The van der Waals surface area contributed by atoms with E-state index in [4.69, 9.17) is 23.2 Å². The van der Waals surface area contributed by atoms with Crippen LogP contribution in [0.15, 0.2) is 36.7 Å². The summed E-state index contributed by atoms with van der Waals surface area (Å²) in [5, 5.41) is 4.99. The molecular weight excluding hydrogens is 291 g/mol. The molecule has 4 heteroatoms. The zero-order valence-electron chi connectivity index (χ0n) is 11.7. The second-order valence-corrected chi connectivity index (χ2v) is 5.63. The summed E-state index contributed by atoms with van der Waals surface area (Å²) in [6, 6.07) is 8.20. The van der Waals surface area contributed by atoms with E-state index in [-0.39, 0.29) is 6.04 Å². The molecule has 0 saturated heterocycles. The van der Waals surface area contributed by atoms with Crippen LogP contribution >= 0.6 is 23.2 Å². The lowest BCUT2D eigenvalue weighted by Crippen LogP contribution is -2.23. The molecule has 0 amide bonds. The van der Waals surface area contributed by atoms with Crippen molar-refractivity contribution in [3.05, 3.63) is 63.4 Å². The molecule has 0 saturated carbocycles. The summed E-state index contributed by atoms with van der Waals surface area (Å²) < 4.78 is 0. The number of rotatable bonds is 5. The third kappa shape index (κ3) is 3.72. The van der Waals surface area contributed by atoms with E-state index < -0.39 is 0 Å². The van der Waals surface area contributed by atoms with E-state index >= 15 is 0 Å². The summed E-state index contributed by atoms with van der Waals surface area (Å²) >= 11 is 12.2. The number of nitrogens with one attached hydrogen (secondary N) is 1. The van der Waals surface area contributed by atoms with E-state index in [0.717, 1.165) is 23.6 Å². The van der Waals surface area contributed by atoms with Gasteiger partial charge in [0.15, 0.2) is 0 Å². The lowest BCUT2D eigenvalue weighted by molar-refractivity contribution is 0.547. The van der Waals surface area contributed by atoms with Crippen LogP contribution in [0.3, 0.4) is 0 Å². The number of aryl methyl sites for hydroxylation is 1. The van der Waals surface area contributed by atoms with Crippen LogP contribution in [0.25, 0.3) is 0 Å². The van der Waals surface area contributed by atoms with Gasteiger partial charge >= 0.3 is 0 Å². The van der Waals surface area contributed by atoms with Crippen LogP contribution in [0.5, 0.6) is 0 Å². The van der Waals surface area contributed by atoms with Gasteiger partial charge in [0, 0.05) is 23.5 Å². The monoisotopic (exact) mass is 308 g/mol. The molecule has 106 valence electrons. The van der Waals surface area contributed by atoms with Gasteiger partial charge in [-0.05, 0) is 54.8 Å². The third-order valence-corrected chi connectivity index (χ3v) is 3.91. The first kappa shape index (κ1) is 15.3. The number of pyridine rings is 1. The van der Waals surface area contributed by atoms with Crippen LogP contribution in [0.2, 0.25) is 10.0 Å². The molecule has 0 spiro atoms. The fraction of sp³-hybridized carbons (Fsp3) is 0.312. The fourth-order valence-corrected chi connectivity index (χ4v) is 2.78. The average molecular weight is 309 g/mol. The molecule has 0 aliphatic heterocycles. The van der Waals surface area contributed by atoms with Crippen molar-refractivity contribution in [2.45, 2.75) is 26.3 Å². The van der Waals surface area contributed by atoms with Gasteiger partial charge in [0.2, 0.25) is 0 Å². The average Bonchev–Trinajstić information content (AvgIpc) is 2.41. The molecule has 2 rings (SSSR count). The number of halogens is 2. The Balaban J connectivity index is 2.29. The Labute approximate surface area is 130 Å². The normalized spacial score (nSPS) is 12.4. The predicted molar refractivity (Wildman–Crippen MR) is 85.6 cm³/mol. The molecule has 1 aromatic heterocycles. The third-order valence-electron chi connectivity index (χ3n) is 3.34. The number of benzene rings is 1. The maximum Gasteiger partial charge on any atom is 0.0622 e. The topological polar surface area (TPSA) is 24.9 Å². The molecule has 0 aliphatic carbocycles. The van der Waals surface area contributed by atoms with Crippen molar-refractivity contribution >= 4 is 23.2 Å². The van der Waals surface area contributed by atoms with Gasteiger partial charge in [-0.1, -0.05) is 36.2 Å². The van der Waals surface area contributed by atoms with Crippen molar-refractivity contribution in [1.82, 2.24) is 10.3 Å². The SMILES string of the molecule is CCNC(Cc1ccncc1Cl)c1ccc(Cl)cc1C. The van der Waals surface area contributed by atoms with E-state index in [0.29, 0.717) is 5.02 Å². The molecule has 0 fully saturated rings. The van der Waals surface area contributed by atoms with E-state index in [1.165, 1.54) is 11.1 Å². The van der Waals surface area contributed by atoms with Crippen LogP contribution < -0.4 is 5.32 Å². The smallest absolute Gasteiger partial charge is 0.0622 e. The second-order valence-electron chi connectivity index (χ2n) is 4.78. The Bertz CT molecular complexity index is 584. The Kier molecular flexibility index (Phi) is 5.41. The number of hydrogen-bond acceptors (Lipinski definition) is 2. The van der Waals surface area contributed by atoms with Gasteiger partial charge in [-0.3, -0.25) is 4.98 Å². The summed E-state index contributed by atoms with van der Waals surface area (Å²) in [6.45, 7) is 5.08. The van der Waals surface area contributed by atoms with Gasteiger partial charge < -0.3 is 5.32 Å². The highest BCUT2D eigenvalue weighted by Gasteiger charge is 2.15. The quantitative estimate of drug-likeness (QED) is 0.874. The minimum absolute atomic E-state index is 0.220. The van der Waals surface area contributed by atoms with Crippen LogP contribution in [0, 0.1) is 6.92 Å². The zero-order chi connectivity index (χ0) is 14.5. The predicted octanol–water partition coefficient (Wildman–Crippen LogP) is 4.59. The highest BCUT2D eigenvalue weighted by Crippen LogP contribution is 2.26. The van der Waals surface area contributed by atoms with Gasteiger partial charge in [0.1, 0.15) is 0 Å². The number of aromatic nitrogens is 1. The molecule has 20 heavy (non-hydrogen) atoms. The van der Waals surface area contributed by atoms with Crippen molar-refractivity contribution < 1.29 is 0 Å². The molecule has 2 aromatic rings. The fourth-order valence-electron chi connectivity index (χ4n) is 2.36. The molecule has 0 radical (unpaired) electrons. The first-order valence-corrected chi connectivity index (χ1v) is 7.45. The molecule has 0 bridgehead atoms. The highest BCUT2D eigenvalue weighted by molar-refractivity contribution is 6.31. The molecule has 1 heterocycles. The number of nitrogens with zero attached hydrogens (tertiary/aromatic N) is 1. The summed E-state index contributed by atoms with van der Waals surface area (Å²) in [5.74, 6) is 0. The Morgan fingerprint density at radius 1 is 1.25 bits per heavy atom. The summed E-state index contributed by atoms with van der Waals surface area (Å²) in [4.78, 5) is 4.03. The minimum Gasteiger partial charge on any atom is -0.310 e. The van der Waals surface area contributed by atoms with Gasteiger partial charge in [-0.2, -0.15) is 0 Å². The van der Waals surface area contributed by atoms with Crippen LogP contribution in [0.4, 0.5) is 0 Å². The Morgan fingerprint density at radius 3 is 2.70 bits per heavy atom. The van der Waals surface area contributed by atoms with Crippen molar-refractivity contribution in [3.63, 3.8) is 0 Å². The first-order valence-electron chi connectivity index (χ1n) is 6.69. The van der Waals surface area contributed by atoms with Crippen molar-refractivity contribution in [3.8, 4) is 0 Å².